The van der Waals surface area contributed by atoms with Crippen LogP contribution in [0.3, 0.4) is 0 Å². The maximum absolute atomic E-state index is 12.6. The van der Waals surface area contributed by atoms with Gasteiger partial charge in [-0.1, -0.05) is 36.8 Å². The average molecular weight is 423 g/mol. The number of carbonyl (C=O) groups is 1. The Hall–Kier alpha value is -2.37. The van der Waals surface area contributed by atoms with Gasteiger partial charge in [-0.25, -0.2) is 4.98 Å². The van der Waals surface area contributed by atoms with Crippen molar-refractivity contribution in [3.05, 3.63) is 59.7 Å². The molecule has 158 valence electrons. The minimum Gasteiger partial charge on any atom is -0.385 e. The van der Waals surface area contributed by atoms with Crippen molar-refractivity contribution in [3.8, 4) is 11.3 Å². The molecule has 0 radical (unpaired) electrons. The predicted octanol–water partition coefficient (Wildman–Crippen LogP) is 5.71. The molecular weight excluding hydrogens is 392 g/mol. The van der Waals surface area contributed by atoms with E-state index in [1.807, 2.05) is 11.8 Å². The van der Waals surface area contributed by atoms with Crippen molar-refractivity contribution in [1.29, 1.82) is 0 Å². The van der Waals surface area contributed by atoms with Gasteiger partial charge in [-0.05, 0) is 49.4 Å². The maximum atomic E-state index is 12.6. The number of aromatic nitrogens is 1. The van der Waals surface area contributed by atoms with Crippen LogP contribution in [0.15, 0.2) is 53.4 Å². The standard InChI is InChI=1S/C25H30N2O2S/c1-5-24(28)27(12-7-13-29-3)17-21-15-19-10-11-22(30-4)16-23(19)26-25(21)20-9-6-8-18(2)14-20/h6,8-11,14-16H,5,7,12-13,17H2,1-4H3. The SMILES string of the molecule is CCC(=O)N(CCCOC)Cc1cc2ccc(SC)cc2nc1-c1cccc(C)c1. The van der Waals surface area contributed by atoms with Crippen LogP contribution >= 0.6 is 11.8 Å². The zero-order chi connectivity index (χ0) is 21.5. The van der Waals surface area contributed by atoms with Crippen LogP contribution < -0.4 is 0 Å². The Labute approximate surface area is 183 Å². The number of hydrogen-bond donors (Lipinski definition) is 0. The minimum absolute atomic E-state index is 0.152. The van der Waals surface area contributed by atoms with E-state index in [0.29, 0.717) is 26.1 Å². The van der Waals surface area contributed by atoms with E-state index in [0.717, 1.165) is 34.1 Å². The molecule has 5 heteroatoms. The van der Waals surface area contributed by atoms with Gasteiger partial charge in [0.05, 0.1) is 11.2 Å². The lowest BCUT2D eigenvalue weighted by molar-refractivity contribution is -0.131. The maximum Gasteiger partial charge on any atom is 0.222 e. The molecule has 3 rings (SSSR count). The molecule has 0 aliphatic rings. The first kappa shape index (κ1) is 22.3. The smallest absolute Gasteiger partial charge is 0.222 e. The Morgan fingerprint density at radius 3 is 2.70 bits per heavy atom. The van der Waals surface area contributed by atoms with Crippen molar-refractivity contribution in [2.24, 2.45) is 0 Å². The second kappa shape index (κ2) is 10.6. The van der Waals surface area contributed by atoms with Crippen LogP contribution in [-0.4, -0.2) is 42.3 Å². The Bertz CT molecular complexity index is 1020. The van der Waals surface area contributed by atoms with E-state index in [-0.39, 0.29) is 5.91 Å². The predicted molar refractivity (Wildman–Crippen MR) is 126 cm³/mol. The Balaban J connectivity index is 2.08. The number of rotatable bonds is 9. The molecule has 1 amide bonds. The molecule has 0 fully saturated rings. The van der Waals surface area contributed by atoms with Crippen LogP contribution in [0.4, 0.5) is 0 Å². The molecule has 3 aromatic rings. The largest absolute Gasteiger partial charge is 0.385 e. The van der Waals surface area contributed by atoms with Crippen molar-refractivity contribution in [2.45, 2.75) is 38.1 Å². The molecule has 30 heavy (non-hydrogen) atoms. The number of benzene rings is 2. The van der Waals surface area contributed by atoms with Gasteiger partial charge in [0.1, 0.15) is 0 Å². The molecule has 0 saturated carbocycles. The van der Waals surface area contributed by atoms with Crippen molar-refractivity contribution in [3.63, 3.8) is 0 Å². The lowest BCUT2D eigenvalue weighted by Gasteiger charge is -2.24. The molecule has 4 nitrogen and oxygen atoms in total. The van der Waals surface area contributed by atoms with Crippen LogP contribution in [-0.2, 0) is 16.1 Å². The highest BCUT2D eigenvalue weighted by atomic mass is 32.2. The second-order valence-corrected chi connectivity index (χ2v) is 8.32. The number of methoxy groups -OCH3 is 1. The fourth-order valence-corrected chi connectivity index (χ4v) is 4.04. The zero-order valence-electron chi connectivity index (χ0n) is 18.3. The van der Waals surface area contributed by atoms with Gasteiger partial charge in [-0.3, -0.25) is 4.79 Å². The van der Waals surface area contributed by atoms with Gasteiger partial charge in [0, 0.05) is 49.1 Å². The molecule has 0 aliphatic carbocycles. The zero-order valence-corrected chi connectivity index (χ0v) is 19.1. The fraction of sp³-hybridized carbons (Fsp3) is 0.360. The lowest BCUT2D eigenvalue weighted by atomic mass is 10.0. The first-order valence-electron chi connectivity index (χ1n) is 10.4. The van der Waals surface area contributed by atoms with Gasteiger partial charge < -0.3 is 9.64 Å². The number of pyridine rings is 1. The molecule has 1 aromatic heterocycles. The quantitative estimate of drug-likeness (QED) is 0.327. The molecule has 0 aliphatic heterocycles. The first-order valence-corrected chi connectivity index (χ1v) is 11.6. The number of aryl methyl sites for hydroxylation is 1. The highest BCUT2D eigenvalue weighted by Gasteiger charge is 2.17. The van der Waals surface area contributed by atoms with Gasteiger partial charge in [-0.15, -0.1) is 11.8 Å². The van der Waals surface area contributed by atoms with E-state index < -0.39 is 0 Å². The van der Waals surface area contributed by atoms with Crippen LogP contribution in [0, 0.1) is 6.92 Å². The molecule has 0 saturated heterocycles. The van der Waals surface area contributed by atoms with E-state index >= 15 is 0 Å². The molecular formula is C25H30N2O2S. The van der Waals surface area contributed by atoms with Crippen molar-refractivity contribution in [1.82, 2.24) is 9.88 Å². The molecule has 0 N–H and O–H groups in total. The van der Waals surface area contributed by atoms with Gasteiger partial charge >= 0.3 is 0 Å². The third kappa shape index (κ3) is 5.41. The molecule has 0 atom stereocenters. The summed E-state index contributed by atoms with van der Waals surface area (Å²) in [5.41, 5.74) is 5.28. The summed E-state index contributed by atoms with van der Waals surface area (Å²) < 4.78 is 5.19. The van der Waals surface area contributed by atoms with Crippen molar-refractivity contribution < 1.29 is 9.53 Å². The normalized spacial score (nSPS) is 11.1. The second-order valence-electron chi connectivity index (χ2n) is 7.44. The summed E-state index contributed by atoms with van der Waals surface area (Å²) in [4.78, 5) is 20.8. The summed E-state index contributed by atoms with van der Waals surface area (Å²) in [6.45, 7) is 5.87. The summed E-state index contributed by atoms with van der Waals surface area (Å²) in [7, 11) is 1.69. The van der Waals surface area contributed by atoms with E-state index in [2.05, 4.69) is 61.7 Å². The molecule has 1 heterocycles. The van der Waals surface area contributed by atoms with Gasteiger partial charge in [0.25, 0.3) is 0 Å². The van der Waals surface area contributed by atoms with E-state index in [4.69, 9.17) is 9.72 Å². The first-order chi connectivity index (χ1) is 14.5. The van der Waals surface area contributed by atoms with E-state index in [1.165, 1.54) is 10.5 Å². The van der Waals surface area contributed by atoms with Crippen LogP contribution in [0.25, 0.3) is 22.2 Å². The summed E-state index contributed by atoms with van der Waals surface area (Å²) in [5, 5.41) is 1.10. The topological polar surface area (TPSA) is 42.4 Å². The molecule has 0 spiro atoms. The highest BCUT2D eigenvalue weighted by Crippen LogP contribution is 2.29. The van der Waals surface area contributed by atoms with E-state index in [9.17, 15) is 4.79 Å². The molecule has 0 bridgehead atoms. The number of carbonyl (C=O) groups excluding carboxylic acids is 1. The molecule has 0 unspecified atom stereocenters. The number of hydrogen-bond acceptors (Lipinski definition) is 4. The Morgan fingerprint density at radius 2 is 2.00 bits per heavy atom. The van der Waals surface area contributed by atoms with Crippen molar-refractivity contribution in [2.75, 3.05) is 26.5 Å². The summed E-state index contributed by atoms with van der Waals surface area (Å²) in [6, 6.07) is 17.0. The van der Waals surface area contributed by atoms with Crippen LogP contribution in [0.1, 0.15) is 30.9 Å². The number of ether oxygens (including phenoxy) is 1. The number of amides is 1. The van der Waals surface area contributed by atoms with Crippen LogP contribution in [0.2, 0.25) is 0 Å². The highest BCUT2D eigenvalue weighted by molar-refractivity contribution is 7.98. The third-order valence-corrected chi connectivity index (χ3v) is 5.91. The summed E-state index contributed by atoms with van der Waals surface area (Å²) >= 11 is 1.72. The van der Waals surface area contributed by atoms with Gasteiger partial charge in [0.15, 0.2) is 0 Å². The Kier molecular flexibility index (Phi) is 7.88. The van der Waals surface area contributed by atoms with Gasteiger partial charge in [0.2, 0.25) is 5.91 Å². The monoisotopic (exact) mass is 422 g/mol. The summed E-state index contributed by atoms with van der Waals surface area (Å²) in [6.07, 6.45) is 3.39. The number of nitrogens with zero attached hydrogens (tertiary/aromatic N) is 2. The average Bonchev–Trinajstić information content (AvgIpc) is 2.77. The number of thioether (sulfide) groups is 1. The fourth-order valence-electron chi connectivity index (χ4n) is 3.60. The van der Waals surface area contributed by atoms with E-state index in [1.54, 1.807) is 18.9 Å². The third-order valence-electron chi connectivity index (χ3n) is 5.19. The summed E-state index contributed by atoms with van der Waals surface area (Å²) in [5.74, 6) is 0.152. The molecule has 2 aromatic carbocycles. The minimum atomic E-state index is 0.152. The lowest BCUT2D eigenvalue weighted by Crippen LogP contribution is -2.31. The van der Waals surface area contributed by atoms with Crippen LogP contribution in [0.5, 0.6) is 0 Å². The van der Waals surface area contributed by atoms with Crippen molar-refractivity contribution >= 4 is 28.6 Å². The Morgan fingerprint density at radius 1 is 1.17 bits per heavy atom. The number of fused-ring (bicyclic) bond motifs is 1. The van der Waals surface area contributed by atoms with Gasteiger partial charge in [-0.2, -0.15) is 0 Å².